The predicted molar refractivity (Wildman–Crippen MR) is 73.1 cm³/mol. The number of aliphatic hydroxyl groups is 2. The average molecular weight is 305 g/mol. The summed E-state index contributed by atoms with van der Waals surface area (Å²) in [5.74, 6) is -3.26. The fourth-order valence-corrected chi connectivity index (χ4v) is 1.45. The highest BCUT2D eigenvalue weighted by Crippen LogP contribution is 2.02. The van der Waals surface area contributed by atoms with Crippen molar-refractivity contribution in [1.29, 1.82) is 0 Å². The average Bonchev–Trinajstić information content (AvgIpc) is 2.39. The van der Waals surface area contributed by atoms with E-state index >= 15 is 0 Å². The van der Waals surface area contributed by atoms with Gasteiger partial charge in [0.15, 0.2) is 0 Å². The third kappa shape index (κ3) is 6.06. The van der Waals surface area contributed by atoms with Crippen molar-refractivity contribution in [2.24, 2.45) is 11.7 Å². The van der Waals surface area contributed by atoms with Crippen molar-refractivity contribution >= 4 is 17.8 Å². The molecule has 0 aliphatic rings. The van der Waals surface area contributed by atoms with E-state index in [2.05, 4.69) is 10.6 Å². The molecule has 0 aromatic carbocycles. The maximum atomic E-state index is 11.9. The van der Waals surface area contributed by atoms with E-state index < -0.39 is 48.6 Å². The first-order chi connectivity index (χ1) is 9.61. The number of hydrogen-bond acceptors (Lipinski definition) is 6. The van der Waals surface area contributed by atoms with Crippen molar-refractivity contribution in [3.05, 3.63) is 0 Å². The van der Waals surface area contributed by atoms with Gasteiger partial charge in [-0.15, -0.1) is 0 Å². The molecule has 0 bridgehead atoms. The third-order valence-corrected chi connectivity index (χ3v) is 2.87. The highest BCUT2D eigenvalue weighted by Gasteiger charge is 2.29. The number of carboxylic acids is 1. The zero-order valence-corrected chi connectivity index (χ0v) is 12.2. The van der Waals surface area contributed by atoms with Crippen molar-refractivity contribution in [2.75, 3.05) is 6.61 Å². The number of amides is 2. The van der Waals surface area contributed by atoms with Crippen molar-refractivity contribution in [3.63, 3.8) is 0 Å². The molecule has 0 fully saturated rings. The van der Waals surface area contributed by atoms with Crippen molar-refractivity contribution in [2.45, 2.75) is 45.0 Å². The number of carboxylic acid groups (broad SMARTS) is 1. The highest BCUT2D eigenvalue weighted by atomic mass is 16.4. The lowest BCUT2D eigenvalue weighted by molar-refractivity contribution is -0.143. The minimum Gasteiger partial charge on any atom is -0.480 e. The number of hydrogen-bond donors (Lipinski definition) is 6. The Balaban J connectivity index is 4.76. The van der Waals surface area contributed by atoms with Gasteiger partial charge in [-0.2, -0.15) is 0 Å². The minimum absolute atomic E-state index is 0.374. The third-order valence-electron chi connectivity index (χ3n) is 2.87. The van der Waals surface area contributed by atoms with Gasteiger partial charge in [0.2, 0.25) is 11.8 Å². The van der Waals surface area contributed by atoms with Crippen LogP contribution in [0, 0.1) is 5.92 Å². The van der Waals surface area contributed by atoms with E-state index in [0.717, 1.165) is 0 Å². The van der Waals surface area contributed by atoms with E-state index in [4.69, 9.17) is 15.9 Å². The Kier molecular flexibility index (Phi) is 7.85. The fraction of sp³-hybridized carbons (Fsp3) is 0.750. The fourth-order valence-electron chi connectivity index (χ4n) is 1.45. The molecule has 0 heterocycles. The lowest BCUT2D eigenvalue weighted by Crippen LogP contribution is -2.58. The van der Waals surface area contributed by atoms with Crippen LogP contribution in [0.25, 0.3) is 0 Å². The van der Waals surface area contributed by atoms with Crippen LogP contribution in [0.3, 0.4) is 0 Å². The monoisotopic (exact) mass is 305 g/mol. The standard InChI is InChI=1S/C12H23N3O6/c1-5(2)9(12(20)21)15-10(18)7(4-16)14-11(19)8(13)6(3)17/h5-9,16-17H,4,13H2,1-3H3,(H,14,19)(H,15,18)(H,20,21)/t6-,7+,8+,9-/m0/s1. The molecule has 7 N–H and O–H groups in total. The molecule has 0 aromatic rings. The first-order valence-electron chi connectivity index (χ1n) is 6.49. The smallest absolute Gasteiger partial charge is 0.326 e. The molecular formula is C12H23N3O6. The quantitative estimate of drug-likeness (QED) is 0.286. The number of carbonyl (C=O) groups is 3. The van der Waals surface area contributed by atoms with E-state index in [1.807, 2.05) is 0 Å². The number of nitrogens with two attached hydrogens (primary N) is 1. The summed E-state index contributed by atoms with van der Waals surface area (Å²) in [5.41, 5.74) is 5.39. The van der Waals surface area contributed by atoms with Gasteiger partial charge in [0.25, 0.3) is 0 Å². The van der Waals surface area contributed by atoms with E-state index in [0.29, 0.717) is 0 Å². The van der Waals surface area contributed by atoms with Crippen LogP contribution >= 0.6 is 0 Å². The first kappa shape index (κ1) is 19.3. The Bertz CT molecular complexity index is 385. The van der Waals surface area contributed by atoms with Crippen LogP contribution in [0.2, 0.25) is 0 Å². The molecule has 0 saturated heterocycles. The zero-order valence-electron chi connectivity index (χ0n) is 12.2. The Labute approximate surface area is 122 Å². The van der Waals surface area contributed by atoms with Gasteiger partial charge in [-0.3, -0.25) is 9.59 Å². The summed E-state index contributed by atoms with van der Waals surface area (Å²) in [4.78, 5) is 34.5. The van der Waals surface area contributed by atoms with Crippen LogP contribution in [-0.2, 0) is 14.4 Å². The molecule has 0 aliphatic heterocycles. The molecule has 0 unspecified atom stereocenters. The molecule has 0 rings (SSSR count). The zero-order chi connectivity index (χ0) is 16.7. The highest BCUT2D eigenvalue weighted by molar-refractivity contribution is 5.92. The van der Waals surface area contributed by atoms with Gasteiger partial charge >= 0.3 is 5.97 Å². The van der Waals surface area contributed by atoms with Gasteiger partial charge in [-0.05, 0) is 12.8 Å². The van der Waals surface area contributed by atoms with E-state index in [-0.39, 0.29) is 5.92 Å². The summed E-state index contributed by atoms with van der Waals surface area (Å²) in [6, 6.07) is -3.75. The Morgan fingerprint density at radius 3 is 1.95 bits per heavy atom. The van der Waals surface area contributed by atoms with Gasteiger partial charge in [0, 0.05) is 0 Å². The van der Waals surface area contributed by atoms with E-state index in [1.54, 1.807) is 13.8 Å². The van der Waals surface area contributed by atoms with Gasteiger partial charge in [-0.25, -0.2) is 4.79 Å². The molecule has 9 heteroatoms. The van der Waals surface area contributed by atoms with Crippen LogP contribution in [0.1, 0.15) is 20.8 Å². The summed E-state index contributed by atoms with van der Waals surface area (Å²) in [5, 5.41) is 31.7. The normalized spacial score (nSPS) is 16.7. The molecule has 2 amide bonds. The summed E-state index contributed by atoms with van der Waals surface area (Å²) in [7, 11) is 0. The number of aliphatic hydroxyl groups excluding tert-OH is 2. The summed E-state index contributed by atoms with van der Waals surface area (Å²) >= 11 is 0. The van der Waals surface area contributed by atoms with Gasteiger partial charge < -0.3 is 31.7 Å². The van der Waals surface area contributed by atoms with Crippen LogP contribution in [0.15, 0.2) is 0 Å². The number of nitrogens with one attached hydrogen (secondary N) is 2. The lowest BCUT2D eigenvalue weighted by atomic mass is 10.0. The van der Waals surface area contributed by atoms with Gasteiger partial charge in [0.05, 0.1) is 12.7 Å². The van der Waals surface area contributed by atoms with Crippen LogP contribution in [0.4, 0.5) is 0 Å². The molecule has 4 atom stereocenters. The van der Waals surface area contributed by atoms with E-state index in [9.17, 15) is 19.5 Å². The van der Waals surface area contributed by atoms with E-state index in [1.165, 1.54) is 6.92 Å². The Morgan fingerprint density at radius 1 is 1.10 bits per heavy atom. The predicted octanol–water partition coefficient (Wildman–Crippen LogP) is -2.60. The SMILES string of the molecule is CC(C)[C@H](NC(=O)[C@@H](CO)NC(=O)[C@H](N)[C@H](C)O)C(=O)O. The molecule has 0 saturated carbocycles. The first-order valence-corrected chi connectivity index (χ1v) is 6.49. The molecular weight excluding hydrogens is 282 g/mol. The van der Waals surface area contributed by atoms with Gasteiger partial charge in [0.1, 0.15) is 18.1 Å². The summed E-state index contributed by atoms with van der Waals surface area (Å²) in [6.45, 7) is 3.79. The molecule has 0 spiro atoms. The topological polar surface area (TPSA) is 162 Å². The lowest BCUT2D eigenvalue weighted by Gasteiger charge is -2.23. The minimum atomic E-state index is -1.34. The van der Waals surface area contributed by atoms with Crippen LogP contribution < -0.4 is 16.4 Å². The summed E-state index contributed by atoms with van der Waals surface area (Å²) in [6.07, 6.45) is -1.13. The largest absolute Gasteiger partial charge is 0.480 e. The van der Waals surface area contributed by atoms with Gasteiger partial charge in [-0.1, -0.05) is 13.8 Å². The van der Waals surface area contributed by atoms with Crippen molar-refractivity contribution < 1.29 is 29.7 Å². The second kappa shape index (κ2) is 8.55. The summed E-state index contributed by atoms with van der Waals surface area (Å²) < 4.78 is 0. The number of aliphatic carboxylic acids is 1. The van der Waals surface area contributed by atoms with Crippen LogP contribution in [-0.4, -0.2) is 63.9 Å². The van der Waals surface area contributed by atoms with Crippen LogP contribution in [0.5, 0.6) is 0 Å². The molecule has 122 valence electrons. The molecule has 9 nitrogen and oxygen atoms in total. The maximum absolute atomic E-state index is 11.9. The molecule has 0 aromatic heterocycles. The number of rotatable bonds is 8. The maximum Gasteiger partial charge on any atom is 0.326 e. The number of carbonyl (C=O) groups excluding carboxylic acids is 2. The molecule has 0 radical (unpaired) electrons. The molecule has 0 aliphatic carbocycles. The second-order valence-corrected chi connectivity index (χ2v) is 5.08. The second-order valence-electron chi connectivity index (χ2n) is 5.08. The molecule has 21 heavy (non-hydrogen) atoms. The Morgan fingerprint density at radius 2 is 1.62 bits per heavy atom. The van der Waals surface area contributed by atoms with Crippen molar-refractivity contribution in [3.8, 4) is 0 Å². The Hall–Kier alpha value is -1.71. The van der Waals surface area contributed by atoms with Crippen molar-refractivity contribution in [1.82, 2.24) is 10.6 Å².